The molecular weight excluding hydrogens is 306 g/mol. The zero-order valence-corrected chi connectivity index (χ0v) is 13.1. The minimum atomic E-state index is -0.463. The van der Waals surface area contributed by atoms with E-state index in [-0.39, 0.29) is 18.4 Å². The molecule has 22 heavy (non-hydrogen) atoms. The van der Waals surface area contributed by atoms with Crippen molar-refractivity contribution >= 4 is 28.6 Å². The summed E-state index contributed by atoms with van der Waals surface area (Å²) in [4.78, 5) is 25.9. The van der Waals surface area contributed by atoms with Gasteiger partial charge in [0.2, 0.25) is 5.91 Å². The molecule has 3 rings (SSSR count). The molecule has 0 aliphatic carbocycles. The number of aromatic nitrogens is 1. The summed E-state index contributed by atoms with van der Waals surface area (Å²) in [5.41, 5.74) is 1.10. The van der Waals surface area contributed by atoms with Crippen molar-refractivity contribution in [3.63, 3.8) is 0 Å². The van der Waals surface area contributed by atoms with Gasteiger partial charge in [0.25, 0.3) is 0 Å². The van der Waals surface area contributed by atoms with E-state index in [4.69, 9.17) is 16.0 Å². The lowest BCUT2D eigenvalue weighted by molar-refractivity contribution is -0.131. The molecule has 1 aliphatic rings. The number of hydrogen-bond acceptors (Lipinski definition) is 4. The van der Waals surface area contributed by atoms with Gasteiger partial charge < -0.3 is 14.6 Å². The van der Waals surface area contributed by atoms with Crippen molar-refractivity contribution in [2.45, 2.75) is 25.4 Å². The molecule has 1 fully saturated rings. The fourth-order valence-electron chi connectivity index (χ4n) is 2.81. The van der Waals surface area contributed by atoms with Crippen LogP contribution in [0.25, 0.3) is 11.1 Å². The minimum absolute atomic E-state index is 0.0314. The molecule has 2 heterocycles. The second kappa shape index (κ2) is 6.14. The maximum absolute atomic E-state index is 12.3. The van der Waals surface area contributed by atoms with Crippen molar-refractivity contribution in [3.05, 3.63) is 33.8 Å². The lowest BCUT2D eigenvalue weighted by Crippen LogP contribution is -2.38. The SMILES string of the molecule is CN(C(=O)CCn1c(=O)oc2cc(Cl)ccc21)C1CCNC1. The van der Waals surface area contributed by atoms with Gasteiger partial charge in [0.15, 0.2) is 5.58 Å². The van der Waals surface area contributed by atoms with Crippen LogP contribution < -0.4 is 11.1 Å². The normalized spacial score (nSPS) is 18.0. The summed E-state index contributed by atoms with van der Waals surface area (Å²) in [7, 11) is 1.82. The van der Waals surface area contributed by atoms with Gasteiger partial charge in [-0.05, 0) is 25.1 Å². The molecule has 1 saturated heterocycles. The van der Waals surface area contributed by atoms with Crippen LogP contribution in [-0.2, 0) is 11.3 Å². The van der Waals surface area contributed by atoms with Crippen LogP contribution in [-0.4, -0.2) is 41.6 Å². The van der Waals surface area contributed by atoms with Gasteiger partial charge in [0.05, 0.1) is 5.52 Å². The van der Waals surface area contributed by atoms with Crippen molar-refractivity contribution in [2.75, 3.05) is 20.1 Å². The van der Waals surface area contributed by atoms with Crippen LogP contribution in [0.2, 0.25) is 5.02 Å². The second-order valence-electron chi connectivity index (χ2n) is 5.53. The van der Waals surface area contributed by atoms with E-state index in [9.17, 15) is 9.59 Å². The Bertz CT molecular complexity index is 746. The first-order chi connectivity index (χ1) is 10.6. The Morgan fingerprint density at radius 2 is 2.36 bits per heavy atom. The third-order valence-corrected chi connectivity index (χ3v) is 4.39. The van der Waals surface area contributed by atoms with Crippen LogP contribution in [0, 0.1) is 0 Å². The molecule has 7 heteroatoms. The molecule has 1 N–H and O–H groups in total. The lowest BCUT2D eigenvalue weighted by Gasteiger charge is -2.23. The number of oxazole rings is 1. The zero-order valence-electron chi connectivity index (χ0n) is 12.3. The minimum Gasteiger partial charge on any atom is -0.408 e. The van der Waals surface area contributed by atoms with Crippen molar-refractivity contribution in [2.24, 2.45) is 0 Å². The summed E-state index contributed by atoms with van der Waals surface area (Å²) in [6.45, 7) is 2.07. The topological polar surface area (TPSA) is 67.5 Å². The van der Waals surface area contributed by atoms with Gasteiger partial charge in [-0.25, -0.2) is 4.79 Å². The summed E-state index contributed by atoms with van der Waals surface area (Å²) in [5.74, 6) is -0.431. The Morgan fingerprint density at radius 3 is 3.09 bits per heavy atom. The first kappa shape index (κ1) is 15.1. The molecule has 0 bridgehead atoms. The number of rotatable bonds is 4. The molecule has 6 nitrogen and oxygen atoms in total. The van der Waals surface area contributed by atoms with Crippen LogP contribution in [0.4, 0.5) is 0 Å². The monoisotopic (exact) mass is 323 g/mol. The van der Waals surface area contributed by atoms with Crippen LogP contribution in [0.5, 0.6) is 0 Å². The van der Waals surface area contributed by atoms with Crippen molar-refractivity contribution < 1.29 is 9.21 Å². The Morgan fingerprint density at radius 1 is 1.55 bits per heavy atom. The average molecular weight is 324 g/mol. The molecule has 0 radical (unpaired) electrons. The van der Waals surface area contributed by atoms with Gasteiger partial charge in [-0.2, -0.15) is 0 Å². The summed E-state index contributed by atoms with van der Waals surface area (Å²) < 4.78 is 6.64. The van der Waals surface area contributed by atoms with E-state index in [2.05, 4.69) is 5.32 Å². The summed E-state index contributed by atoms with van der Waals surface area (Å²) in [6.07, 6.45) is 1.24. The molecular formula is C15H18ClN3O3. The Labute approximate surface area is 132 Å². The number of likely N-dealkylation sites (N-methyl/N-ethyl adjacent to an activating group) is 1. The van der Waals surface area contributed by atoms with E-state index in [1.807, 2.05) is 7.05 Å². The highest BCUT2D eigenvalue weighted by atomic mass is 35.5. The first-order valence-corrected chi connectivity index (χ1v) is 7.69. The molecule has 118 valence electrons. The lowest BCUT2D eigenvalue weighted by atomic mass is 10.2. The third kappa shape index (κ3) is 2.89. The molecule has 1 unspecified atom stereocenters. The highest BCUT2D eigenvalue weighted by Crippen LogP contribution is 2.18. The molecule has 0 spiro atoms. The van der Waals surface area contributed by atoms with E-state index < -0.39 is 5.76 Å². The number of amides is 1. The van der Waals surface area contributed by atoms with E-state index in [0.717, 1.165) is 19.5 Å². The molecule has 2 aromatic rings. The number of hydrogen-bond donors (Lipinski definition) is 1. The number of nitrogens with zero attached hydrogens (tertiary/aromatic N) is 2. The molecule has 1 aliphatic heterocycles. The summed E-state index contributed by atoms with van der Waals surface area (Å²) in [6, 6.07) is 5.28. The summed E-state index contributed by atoms with van der Waals surface area (Å²) in [5, 5.41) is 3.75. The predicted molar refractivity (Wildman–Crippen MR) is 84.1 cm³/mol. The standard InChI is InChI=1S/C15H18ClN3O3/c1-18(11-4-6-17-9-11)14(20)5-7-19-12-3-2-10(16)8-13(12)22-15(19)21/h2-3,8,11,17H,4-7,9H2,1H3. The maximum Gasteiger partial charge on any atom is 0.419 e. The first-order valence-electron chi connectivity index (χ1n) is 7.31. The van der Waals surface area contributed by atoms with Crippen LogP contribution >= 0.6 is 11.6 Å². The van der Waals surface area contributed by atoms with Crippen LogP contribution in [0.1, 0.15) is 12.8 Å². The highest BCUT2D eigenvalue weighted by Gasteiger charge is 2.23. The van der Waals surface area contributed by atoms with E-state index in [1.54, 1.807) is 23.1 Å². The number of carbonyl (C=O) groups is 1. The Hall–Kier alpha value is -1.79. The molecule has 0 saturated carbocycles. The average Bonchev–Trinajstić information content (AvgIpc) is 3.11. The number of nitrogens with one attached hydrogen (secondary N) is 1. The van der Waals surface area contributed by atoms with E-state index in [0.29, 0.717) is 22.7 Å². The number of fused-ring (bicyclic) bond motifs is 1. The quantitative estimate of drug-likeness (QED) is 0.925. The second-order valence-corrected chi connectivity index (χ2v) is 5.97. The van der Waals surface area contributed by atoms with Gasteiger partial charge in [-0.1, -0.05) is 11.6 Å². The van der Waals surface area contributed by atoms with Gasteiger partial charge in [-0.15, -0.1) is 0 Å². The van der Waals surface area contributed by atoms with Gasteiger partial charge in [0.1, 0.15) is 0 Å². The van der Waals surface area contributed by atoms with Crippen LogP contribution in [0.15, 0.2) is 27.4 Å². The van der Waals surface area contributed by atoms with E-state index in [1.165, 1.54) is 4.57 Å². The van der Waals surface area contributed by atoms with Gasteiger partial charge in [0, 0.05) is 43.7 Å². The molecule has 1 atom stereocenters. The fourth-order valence-corrected chi connectivity index (χ4v) is 2.97. The Balaban J connectivity index is 1.72. The third-order valence-electron chi connectivity index (χ3n) is 4.15. The smallest absolute Gasteiger partial charge is 0.408 e. The zero-order chi connectivity index (χ0) is 15.7. The number of carbonyl (C=O) groups excluding carboxylic acids is 1. The Kier molecular flexibility index (Phi) is 4.22. The molecule has 1 aromatic carbocycles. The molecule has 1 amide bonds. The van der Waals surface area contributed by atoms with Gasteiger partial charge in [-0.3, -0.25) is 9.36 Å². The maximum atomic E-state index is 12.3. The summed E-state index contributed by atoms with van der Waals surface area (Å²) >= 11 is 5.88. The number of halogens is 1. The van der Waals surface area contributed by atoms with Crippen molar-refractivity contribution in [1.29, 1.82) is 0 Å². The van der Waals surface area contributed by atoms with Gasteiger partial charge >= 0.3 is 5.76 Å². The molecule has 1 aromatic heterocycles. The fraction of sp³-hybridized carbons (Fsp3) is 0.467. The number of aryl methyl sites for hydroxylation is 1. The van der Waals surface area contributed by atoms with Crippen molar-refractivity contribution in [3.8, 4) is 0 Å². The largest absolute Gasteiger partial charge is 0.419 e. The van der Waals surface area contributed by atoms with E-state index >= 15 is 0 Å². The predicted octanol–water partition coefficient (Wildman–Crippen LogP) is 1.46. The van der Waals surface area contributed by atoms with Crippen LogP contribution in [0.3, 0.4) is 0 Å². The van der Waals surface area contributed by atoms with Crippen molar-refractivity contribution in [1.82, 2.24) is 14.8 Å². The highest BCUT2D eigenvalue weighted by molar-refractivity contribution is 6.31. The number of benzene rings is 1.